The van der Waals surface area contributed by atoms with E-state index in [1.807, 2.05) is 6.92 Å². The number of aliphatic carboxylic acids is 1. The first kappa shape index (κ1) is 14.9. The van der Waals surface area contributed by atoms with Gasteiger partial charge >= 0.3 is 5.97 Å². The fourth-order valence-electron chi connectivity index (χ4n) is 2.37. The second-order valence-electron chi connectivity index (χ2n) is 4.66. The zero-order chi connectivity index (χ0) is 14.0. The van der Waals surface area contributed by atoms with Crippen LogP contribution in [0.5, 0.6) is 0 Å². The number of amides is 1. The number of hydrogen-bond acceptors (Lipinski definition) is 4. The van der Waals surface area contributed by atoms with E-state index in [9.17, 15) is 23.1 Å². The molecule has 18 heavy (non-hydrogen) atoms. The molecule has 0 bridgehead atoms. The molecule has 104 valence electrons. The Morgan fingerprint density at radius 2 is 1.78 bits per heavy atom. The Hall–Kier alpha value is -1.11. The highest BCUT2D eigenvalue weighted by molar-refractivity contribution is 7.91. The Labute approximate surface area is 107 Å². The third-order valence-electron chi connectivity index (χ3n) is 3.40. The van der Waals surface area contributed by atoms with E-state index in [-0.39, 0.29) is 30.3 Å². The van der Waals surface area contributed by atoms with Gasteiger partial charge in [-0.05, 0) is 19.3 Å². The zero-order valence-corrected chi connectivity index (χ0v) is 11.5. The Morgan fingerprint density at radius 1 is 1.28 bits per heavy atom. The average molecular weight is 277 g/mol. The zero-order valence-electron chi connectivity index (χ0n) is 10.7. The maximum absolute atomic E-state index is 11.6. The van der Waals surface area contributed by atoms with Crippen molar-refractivity contribution in [3.63, 3.8) is 0 Å². The number of rotatable bonds is 4. The molecule has 0 aliphatic carbocycles. The highest BCUT2D eigenvalue weighted by Gasteiger charge is 2.49. The van der Waals surface area contributed by atoms with Crippen molar-refractivity contribution in [3.8, 4) is 0 Å². The molecule has 1 rings (SSSR count). The van der Waals surface area contributed by atoms with E-state index in [0.717, 1.165) is 0 Å². The lowest BCUT2D eigenvalue weighted by molar-refractivity contribution is -0.159. The lowest BCUT2D eigenvalue weighted by atomic mass is 9.89. The molecule has 0 radical (unpaired) electrons. The minimum atomic E-state index is -3.16. The fraction of sp³-hybridized carbons (Fsp3) is 0.818. The normalized spacial score (nSPS) is 21.2. The number of hydrogen-bond donors (Lipinski definition) is 1. The first-order valence-corrected chi connectivity index (χ1v) is 7.79. The highest BCUT2D eigenvalue weighted by Crippen LogP contribution is 2.31. The van der Waals surface area contributed by atoms with Crippen molar-refractivity contribution in [1.82, 2.24) is 4.90 Å². The van der Waals surface area contributed by atoms with Gasteiger partial charge in [0, 0.05) is 13.5 Å². The van der Waals surface area contributed by atoms with Gasteiger partial charge in [-0.1, -0.05) is 6.92 Å². The van der Waals surface area contributed by atoms with Gasteiger partial charge in [-0.2, -0.15) is 0 Å². The van der Waals surface area contributed by atoms with Crippen LogP contribution < -0.4 is 0 Å². The van der Waals surface area contributed by atoms with Gasteiger partial charge in [-0.3, -0.25) is 4.79 Å². The molecule has 7 heteroatoms. The summed E-state index contributed by atoms with van der Waals surface area (Å²) < 4.78 is 22.8. The topological polar surface area (TPSA) is 91.8 Å². The van der Waals surface area contributed by atoms with Crippen LogP contribution in [0.1, 0.15) is 33.1 Å². The molecular weight excluding hydrogens is 258 g/mol. The largest absolute Gasteiger partial charge is 0.479 e. The van der Waals surface area contributed by atoms with Gasteiger partial charge in [0.05, 0.1) is 11.5 Å². The molecule has 0 spiro atoms. The number of carbonyl (C=O) groups excluding carboxylic acids is 1. The number of carboxylic acids is 1. The second-order valence-corrected chi connectivity index (χ2v) is 6.96. The number of nitrogens with zero attached hydrogens (tertiary/aromatic N) is 1. The SMILES string of the molecule is CCCN(C(C)=O)C1(C(=O)O)CCS(=O)(=O)CC1. The quantitative estimate of drug-likeness (QED) is 0.796. The summed E-state index contributed by atoms with van der Waals surface area (Å²) in [6.45, 7) is 3.51. The second kappa shape index (κ2) is 5.26. The van der Waals surface area contributed by atoms with E-state index < -0.39 is 21.3 Å². The van der Waals surface area contributed by atoms with Crippen LogP contribution in [-0.2, 0) is 19.4 Å². The van der Waals surface area contributed by atoms with Gasteiger partial charge in [0.1, 0.15) is 5.54 Å². The molecule has 0 aromatic rings. The first-order chi connectivity index (χ1) is 8.25. The van der Waals surface area contributed by atoms with Crippen molar-refractivity contribution in [2.75, 3.05) is 18.1 Å². The molecule has 1 aliphatic heterocycles. The molecule has 1 aliphatic rings. The number of sulfone groups is 1. The van der Waals surface area contributed by atoms with Gasteiger partial charge in [0.25, 0.3) is 0 Å². The average Bonchev–Trinajstić information content (AvgIpc) is 2.26. The Morgan fingerprint density at radius 3 is 2.11 bits per heavy atom. The van der Waals surface area contributed by atoms with Crippen molar-refractivity contribution >= 4 is 21.7 Å². The predicted molar refractivity (Wildman–Crippen MR) is 65.9 cm³/mol. The molecule has 0 saturated carbocycles. The van der Waals surface area contributed by atoms with Crippen molar-refractivity contribution in [2.45, 2.75) is 38.6 Å². The minimum absolute atomic E-state index is 0.0236. The maximum atomic E-state index is 11.6. The highest BCUT2D eigenvalue weighted by atomic mass is 32.2. The maximum Gasteiger partial charge on any atom is 0.329 e. The fourth-order valence-corrected chi connectivity index (χ4v) is 3.87. The van der Waals surface area contributed by atoms with E-state index in [4.69, 9.17) is 0 Å². The monoisotopic (exact) mass is 277 g/mol. The molecule has 0 aromatic heterocycles. The summed E-state index contributed by atoms with van der Waals surface area (Å²) in [6.07, 6.45) is 0.593. The molecule has 1 amide bonds. The van der Waals surface area contributed by atoms with Gasteiger partial charge in [0.15, 0.2) is 9.84 Å². The minimum Gasteiger partial charge on any atom is -0.479 e. The summed E-state index contributed by atoms with van der Waals surface area (Å²) in [7, 11) is -3.16. The van der Waals surface area contributed by atoms with Crippen molar-refractivity contribution in [3.05, 3.63) is 0 Å². The third-order valence-corrected chi connectivity index (χ3v) is 5.05. The lowest BCUT2D eigenvalue weighted by Gasteiger charge is -2.42. The van der Waals surface area contributed by atoms with Crippen LogP contribution in [0.15, 0.2) is 0 Å². The van der Waals surface area contributed by atoms with E-state index in [1.54, 1.807) is 0 Å². The molecule has 1 heterocycles. The van der Waals surface area contributed by atoms with E-state index in [1.165, 1.54) is 11.8 Å². The van der Waals surface area contributed by atoms with E-state index >= 15 is 0 Å². The van der Waals surface area contributed by atoms with E-state index in [2.05, 4.69) is 0 Å². The Balaban J connectivity index is 3.08. The van der Waals surface area contributed by atoms with Crippen LogP contribution in [0.4, 0.5) is 0 Å². The molecule has 1 fully saturated rings. The summed E-state index contributed by atoms with van der Waals surface area (Å²) in [6, 6.07) is 0. The molecule has 1 N–H and O–H groups in total. The van der Waals surface area contributed by atoms with Crippen LogP contribution in [0.3, 0.4) is 0 Å². The summed E-state index contributed by atoms with van der Waals surface area (Å²) in [5.41, 5.74) is -1.35. The summed E-state index contributed by atoms with van der Waals surface area (Å²) in [4.78, 5) is 24.4. The predicted octanol–water partition coefficient (Wildman–Crippen LogP) is 0.277. The van der Waals surface area contributed by atoms with E-state index in [0.29, 0.717) is 13.0 Å². The van der Waals surface area contributed by atoms with Crippen LogP contribution >= 0.6 is 0 Å². The standard InChI is InChI=1S/C11H19NO5S/c1-3-6-12(9(2)13)11(10(14)15)4-7-18(16,17)8-5-11/h3-8H2,1-2H3,(H,14,15). The Kier molecular flexibility index (Phi) is 4.37. The van der Waals surface area contributed by atoms with Crippen LogP contribution in [0, 0.1) is 0 Å². The molecule has 6 nitrogen and oxygen atoms in total. The number of carbonyl (C=O) groups is 2. The van der Waals surface area contributed by atoms with Gasteiger partial charge < -0.3 is 10.0 Å². The van der Waals surface area contributed by atoms with Crippen LogP contribution in [-0.4, -0.2) is 53.9 Å². The summed E-state index contributed by atoms with van der Waals surface area (Å²) in [5, 5.41) is 9.42. The summed E-state index contributed by atoms with van der Waals surface area (Å²) >= 11 is 0. The number of carboxylic acid groups (broad SMARTS) is 1. The smallest absolute Gasteiger partial charge is 0.329 e. The van der Waals surface area contributed by atoms with Crippen molar-refractivity contribution < 1.29 is 23.1 Å². The Bertz CT molecular complexity index is 428. The van der Waals surface area contributed by atoms with Crippen molar-refractivity contribution in [1.29, 1.82) is 0 Å². The molecule has 0 atom stereocenters. The molecule has 0 unspecified atom stereocenters. The van der Waals surface area contributed by atoms with Crippen molar-refractivity contribution in [2.24, 2.45) is 0 Å². The first-order valence-electron chi connectivity index (χ1n) is 5.97. The van der Waals surface area contributed by atoms with Gasteiger partial charge in [0.2, 0.25) is 5.91 Å². The lowest BCUT2D eigenvalue weighted by Crippen LogP contribution is -2.60. The van der Waals surface area contributed by atoms with Gasteiger partial charge in [-0.25, -0.2) is 13.2 Å². The van der Waals surface area contributed by atoms with Gasteiger partial charge in [-0.15, -0.1) is 0 Å². The molecular formula is C11H19NO5S. The molecule has 0 aromatic carbocycles. The van der Waals surface area contributed by atoms with Crippen LogP contribution in [0.25, 0.3) is 0 Å². The van der Waals surface area contributed by atoms with Crippen LogP contribution in [0.2, 0.25) is 0 Å². The third kappa shape index (κ3) is 2.82. The summed E-state index contributed by atoms with van der Waals surface area (Å²) in [5.74, 6) is -1.78. The molecule has 1 saturated heterocycles.